The molecular weight excluding hydrogens is 550 g/mol. The van der Waals surface area contributed by atoms with Crippen molar-refractivity contribution in [3.05, 3.63) is 88.9 Å². The summed E-state index contributed by atoms with van der Waals surface area (Å²) in [5, 5.41) is 3.45. The van der Waals surface area contributed by atoms with Crippen molar-refractivity contribution in [3.8, 4) is 5.75 Å². The molecule has 0 aliphatic heterocycles. The van der Waals surface area contributed by atoms with Crippen LogP contribution in [0.2, 0.25) is 5.02 Å². The molecule has 40 heavy (non-hydrogen) atoms. The summed E-state index contributed by atoms with van der Waals surface area (Å²) in [5.41, 5.74) is 1.49. The van der Waals surface area contributed by atoms with Gasteiger partial charge in [-0.2, -0.15) is 0 Å². The molecule has 3 rings (SSSR count). The molecule has 0 spiro atoms. The van der Waals surface area contributed by atoms with Crippen LogP contribution in [0.15, 0.2) is 77.7 Å². The molecule has 0 aliphatic rings. The van der Waals surface area contributed by atoms with Crippen LogP contribution in [0.5, 0.6) is 5.75 Å². The quantitative estimate of drug-likeness (QED) is 0.353. The predicted octanol–water partition coefficient (Wildman–Crippen LogP) is 5.18. The van der Waals surface area contributed by atoms with Crippen LogP contribution in [0.1, 0.15) is 38.8 Å². The Labute approximate surface area is 241 Å². The lowest BCUT2D eigenvalue weighted by Gasteiger charge is -2.33. The molecule has 0 bridgehead atoms. The Morgan fingerprint density at radius 1 is 0.950 bits per heavy atom. The van der Waals surface area contributed by atoms with Gasteiger partial charge in [0, 0.05) is 17.1 Å². The summed E-state index contributed by atoms with van der Waals surface area (Å²) in [5.74, 6) is -0.386. The van der Waals surface area contributed by atoms with Crippen molar-refractivity contribution in [2.75, 3.05) is 18.0 Å². The molecule has 3 aromatic rings. The van der Waals surface area contributed by atoms with Crippen molar-refractivity contribution in [2.24, 2.45) is 0 Å². The van der Waals surface area contributed by atoms with Crippen LogP contribution in [0.25, 0.3) is 0 Å². The molecule has 3 aromatic carbocycles. The zero-order valence-electron chi connectivity index (χ0n) is 23.6. The Morgan fingerprint density at radius 3 is 2.05 bits per heavy atom. The predicted molar refractivity (Wildman–Crippen MR) is 158 cm³/mol. The van der Waals surface area contributed by atoms with Crippen molar-refractivity contribution in [1.82, 2.24) is 10.2 Å². The van der Waals surface area contributed by atoms with Crippen molar-refractivity contribution < 1.29 is 22.7 Å². The van der Waals surface area contributed by atoms with Gasteiger partial charge in [-0.1, -0.05) is 41.4 Å². The van der Waals surface area contributed by atoms with E-state index in [-0.39, 0.29) is 17.3 Å². The first kappa shape index (κ1) is 31.0. The molecule has 0 saturated heterocycles. The summed E-state index contributed by atoms with van der Waals surface area (Å²) in [6.07, 6.45) is 0. The summed E-state index contributed by atoms with van der Waals surface area (Å²) in [6.45, 7) is 8.64. The van der Waals surface area contributed by atoms with E-state index in [0.717, 1.165) is 15.4 Å². The molecule has 0 saturated carbocycles. The number of benzene rings is 3. The topological polar surface area (TPSA) is 96.0 Å². The summed E-state index contributed by atoms with van der Waals surface area (Å²) in [4.78, 5) is 28.5. The Kier molecular flexibility index (Phi) is 9.87. The average molecular weight is 586 g/mol. The fraction of sp³-hybridized carbons (Fsp3) is 0.333. The summed E-state index contributed by atoms with van der Waals surface area (Å²) in [6, 6.07) is 18.9. The summed E-state index contributed by atoms with van der Waals surface area (Å²) in [7, 11) is -2.67. The lowest BCUT2D eigenvalue weighted by Crippen LogP contribution is -2.54. The number of anilines is 1. The highest BCUT2D eigenvalue weighted by Gasteiger charge is 2.33. The van der Waals surface area contributed by atoms with Gasteiger partial charge in [-0.05, 0) is 88.7 Å². The number of aryl methyl sites for hydroxylation is 1. The number of sulfonamides is 1. The number of methoxy groups -OCH3 is 1. The number of carbonyl (C=O) groups excluding carboxylic acids is 2. The Balaban J connectivity index is 2.03. The molecule has 0 heterocycles. The van der Waals surface area contributed by atoms with E-state index in [1.165, 1.54) is 24.1 Å². The molecule has 1 N–H and O–H groups in total. The van der Waals surface area contributed by atoms with Gasteiger partial charge in [0.25, 0.3) is 10.0 Å². The van der Waals surface area contributed by atoms with Gasteiger partial charge in [-0.15, -0.1) is 0 Å². The number of nitrogens with zero attached hydrogens (tertiary/aromatic N) is 2. The van der Waals surface area contributed by atoms with Gasteiger partial charge in [-0.25, -0.2) is 8.42 Å². The number of hydrogen-bond acceptors (Lipinski definition) is 5. The number of halogens is 1. The number of ether oxygens (including phenoxy) is 1. The van der Waals surface area contributed by atoms with Gasteiger partial charge < -0.3 is 15.0 Å². The lowest BCUT2D eigenvalue weighted by atomic mass is 10.1. The first-order valence-electron chi connectivity index (χ1n) is 12.8. The Hall–Kier alpha value is -3.56. The minimum Gasteiger partial charge on any atom is -0.497 e. The zero-order valence-corrected chi connectivity index (χ0v) is 25.2. The fourth-order valence-corrected chi connectivity index (χ4v) is 5.50. The average Bonchev–Trinajstić information content (AvgIpc) is 2.90. The number of rotatable bonds is 10. The molecule has 8 nitrogen and oxygen atoms in total. The molecule has 0 radical (unpaired) electrons. The standard InChI is InChI=1S/C30H36ClN3O5S/c1-21-7-13-25(14-8-21)34(40(37,38)27-17-15-26(39-6)16-18-27)20-28(35)33(19-23-9-11-24(31)12-10-23)22(2)29(36)32-30(3,4)5/h7-18,22H,19-20H2,1-6H3,(H,32,36). The van der Waals surface area contributed by atoms with Gasteiger partial charge >= 0.3 is 0 Å². The highest BCUT2D eigenvalue weighted by atomic mass is 35.5. The van der Waals surface area contributed by atoms with E-state index >= 15 is 0 Å². The number of nitrogens with one attached hydrogen (secondary N) is 1. The molecular formula is C30H36ClN3O5S. The van der Waals surface area contributed by atoms with Gasteiger partial charge in [0.2, 0.25) is 11.8 Å². The van der Waals surface area contributed by atoms with Crippen LogP contribution in [-0.2, 0) is 26.2 Å². The molecule has 1 unspecified atom stereocenters. The molecule has 0 aromatic heterocycles. The Bertz CT molecular complexity index is 1420. The molecule has 214 valence electrons. The third-order valence-corrected chi connectivity index (χ3v) is 8.22. The third kappa shape index (κ3) is 7.99. The number of hydrogen-bond donors (Lipinski definition) is 1. The van der Waals surface area contributed by atoms with Crippen LogP contribution in [0, 0.1) is 6.92 Å². The van der Waals surface area contributed by atoms with Crippen LogP contribution in [-0.4, -0.2) is 50.4 Å². The molecule has 1 atom stereocenters. The van der Waals surface area contributed by atoms with Crippen molar-refractivity contribution >= 4 is 39.1 Å². The van der Waals surface area contributed by atoms with Crippen molar-refractivity contribution in [2.45, 2.75) is 57.6 Å². The summed E-state index contributed by atoms with van der Waals surface area (Å²) < 4.78 is 34.0. The van der Waals surface area contributed by atoms with Gasteiger partial charge in [0.1, 0.15) is 18.3 Å². The largest absolute Gasteiger partial charge is 0.497 e. The van der Waals surface area contributed by atoms with Gasteiger partial charge in [0.05, 0.1) is 17.7 Å². The molecule has 10 heteroatoms. The smallest absolute Gasteiger partial charge is 0.264 e. The van der Waals surface area contributed by atoms with E-state index in [1.807, 2.05) is 27.7 Å². The first-order valence-corrected chi connectivity index (χ1v) is 14.6. The Morgan fingerprint density at radius 2 is 1.52 bits per heavy atom. The van der Waals surface area contributed by atoms with Crippen LogP contribution < -0.4 is 14.4 Å². The fourth-order valence-electron chi connectivity index (χ4n) is 3.96. The second-order valence-electron chi connectivity index (χ2n) is 10.6. The summed E-state index contributed by atoms with van der Waals surface area (Å²) >= 11 is 6.05. The van der Waals surface area contributed by atoms with E-state index in [4.69, 9.17) is 16.3 Å². The SMILES string of the molecule is COc1ccc(S(=O)(=O)N(CC(=O)N(Cc2ccc(Cl)cc2)C(C)C(=O)NC(C)(C)C)c2ccc(C)cc2)cc1. The zero-order chi connectivity index (χ0) is 29.7. The van der Waals surface area contributed by atoms with Crippen molar-refractivity contribution in [1.29, 1.82) is 0 Å². The van der Waals surface area contributed by atoms with E-state index in [1.54, 1.807) is 67.6 Å². The van der Waals surface area contributed by atoms with Gasteiger partial charge in [-0.3, -0.25) is 13.9 Å². The monoisotopic (exact) mass is 585 g/mol. The molecule has 2 amide bonds. The first-order chi connectivity index (χ1) is 18.7. The maximum absolute atomic E-state index is 13.9. The molecule has 0 aliphatic carbocycles. The highest BCUT2D eigenvalue weighted by molar-refractivity contribution is 7.92. The highest BCUT2D eigenvalue weighted by Crippen LogP contribution is 2.26. The number of amides is 2. The maximum atomic E-state index is 13.9. The third-order valence-electron chi connectivity index (χ3n) is 6.18. The van der Waals surface area contributed by atoms with Crippen molar-refractivity contribution in [3.63, 3.8) is 0 Å². The second-order valence-corrected chi connectivity index (χ2v) is 12.9. The normalized spacial score (nSPS) is 12.4. The minimum atomic E-state index is -4.16. The van der Waals surface area contributed by atoms with E-state index < -0.39 is 34.1 Å². The van der Waals surface area contributed by atoms with E-state index in [2.05, 4.69) is 5.32 Å². The lowest BCUT2D eigenvalue weighted by molar-refractivity contribution is -0.140. The van der Waals surface area contributed by atoms with E-state index in [0.29, 0.717) is 16.5 Å². The molecule has 0 fully saturated rings. The van der Waals surface area contributed by atoms with Crippen LogP contribution in [0.4, 0.5) is 5.69 Å². The van der Waals surface area contributed by atoms with E-state index in [9.17, 15) is 18.0 Å². The maximum Gasteiger partial charge on any atom is 0.264 e. The van der Waals surface area contributed by atoms with Crippen LogP contribution >= 0.6 is 11.6 Å². The van der Waals surface area contributed by atoms with Gasteiger partial charge in [0.15, 0.2) is 0 Å². The second kappa shape index (κ2) is 12.7. The minimum absolute atomic E-state index is 0.00412. The number of carbonyl (C=O) groups is 2. The van der Waals surface area contributed by atoms with Crippen LogP contribution in [0.3, 0.4) is 0 Å².